The third kappa shape index (κ3) is 4.65. The first-order chi connectivity index (χ1) is 27.7. The van der Waals surface area contributed by atoms with E-state index in [0.717, 1.165) is 94.9 Å². The summed E-state index contributed by atoms with van der Waals surface area (Å²) in [5.74, 6) is 2.33. The molecule has 0 unspecified atom stereocenters. The number of nitriles is 1. The van der Waals surface area contributed by atoms with E-state index >= 15 is 0 Å². The monoisotopic (exact) mass is 713 g/mol. The number of fused-ring (bicyclic) bond motifs is 10. The lowest BCUT2D eigenvalue weighted by molar-refractivity contribution is 0.436. The van der Waals surface area contributed by atoms with Crippen LogP contribution in [0.1, 0.15) is 27.8 Å². The highest BCUT2D eigenvalue weighted by Gasteiger charge is 2.52. The summed E-state index contributed by atoms with van der Waals surface area (Å²) in [5.41, 5.74) is 13.4. The smallest absolute Gasteiger partial charge is 0.161 e. The van der Waals surface area contributed by atoms with Gasteiger partial charge in [0, 0.05) is 27.8 Å². The van der Waals surface area contributed by atoms with E-state index in [1.807, 2.05) is 36.4 Å². The Kier molecular flexibility index (Phi) is 7.10. The lowest BCUT2D eigenvalue weighted by atomic mass is 9.66. The SMILES string of the molecule is N#Cc1cccc(-c2cccc3c2-c2c(-c4cc(-c5ccccc5)nc(-c5cccc6ccccc56)n4)cccc2C32c3ccccc3Oc3ccccc32)c1. The van der Waals surface area contributed by atoms with E-state index in [0.29, 0.717) is 11.4 Å². The Bertz CT molecular complexity index is 3040. The van der Waals surface area contributed by atoms with Gasteiger partial charge in [-0.2, -0.15) is 5.26 Å². The highest BCUT2D eigenvalue weighted by molar-refractivity contribution is 6.03. The zero-order valence-electron chi connectivity index (χ0n) is 30.1. The maximum absolute atomic E-state index is 10.00. The number of rotatable bonds is 4. The Balaban J connectivity index is 1.27. The van der Waals surface area contributed by atoms with E-state index in [1.165, 1.54) is 0 Å². The lowest BCUT2D eigenvalue weighted by Crippen LogP contribution is -2.32. The van der Waals surface area contributed by atoms with Crippen LogP contribution in [0.4, 0.5) is 0 Å². The van der Waals surface area contributed by atoms with E-state index in [2.05, 4.69) is 158 Å². The molecule has 4 heteroatoms. The van der Waals surface area contributed by atoms with Gasteiger partial charge in [0.2, 0.25) is 0 Å². The molecule has 9 aromatic rings. The standard InChI is InChI=1S/C52H31N3O/c53-32-33-14-10-19-36(30-33)38-21-12-26-43-49(38)50-40(23-13-27-44(50)52(43)41-24-6-8-28-47(41)56-48-29-9-7-25-42(48)52)46-31-45(35-16-2-1-3-17-35)54-51(55-46)39-22-11-18-34-15-4-5-20-37(34)39/h1-31H. The summed E-state index contributed by atoms with van der Waals surface area (Å²) in [6.07, 6.45) is 0. The second-order valence-electron chi connectivity index (χ2n) is 14.3. The second-order valence-corrected chi connectivity index (χ2v) is 14.3. The van der Waals surface area contributed by atoms with Crippen LogP contribution in [-0.4, -0.2) is 9.97 Å². The van der Waals surface area contributed by atoms with Gasteiger partial charge in [-0.3, -0.25) is 0 Å². The van der Waals surface area contributed by atoms with E-state index in [1.54, 1.807) is 0 Å². The highest BCUT2D eigenvalue weighted by Crippen LogP contribution is 2.64. The van der Waals surface area contributed by atoms with Crippen LogP contribution in [0.5, 0.6) is 11.5 Å². The molecule has 0 radical (unpaired) electrons. The van der Waals surface area contributed by atoms with E-state index in [-0.39, 0.29) is 0 Å². The molecule has 1 aliphatic heterocycles. The van der Waals surface area contributed by atoms with Crippen LogP contribution in [-0.2, 0) is 5.41 Å². The minimum absolute atomic E-state index is 0.617. The molecule has 11 rings (SSSR count). The minimum atomic E-state index is -0.692. The van der Waals surface area contributed by atoms with E-state index in [4.69, 9.17) is 14.7 Å². The fourth-order valence-electron chi connectivity index (χ4n) is 9.08. The van der Waals surface area contributed by atoms with Crippen molar-refractivity contribution in [1.29, 1.82) is 5.26 Å². The molecule has 56 heavy (non-hydrogen) atoms. The molecule has 0 fully saturated rings. The van der Waals surface area contributed by atoms with Crippen molar-refractivity contribution < 1.29 is 4.74 Å². The molecule has 0 saturated carbocycles. The first-order valence-electron chi connectivity index (χ1n) is 18.8. The molecule has 0 N–H and O–H groups in total. The molecule has 2 aliphatic rings. The van der Waals surface area contributed by atoms with Crippen molar-refractivity contribution in [1.82, 2.24) is 9.97 Å². The van der Waals surface area contributed by atoms with E-state index in [9.17, 15) is 5.26 Å². The maximum atomic E-state index is 10.00. The fraction of sp³-hybridized carbons (Fsp3) is 0.0192. The van der Waals surface area contributed by atoms with Crippen molar-refractivity contribution in [2.24, 2.45) is 0 Å². The predicted molar refractivity (Wildman–Crippen MR) is 223 cm³/mol. The van der Waals surface area contributed by atoms with Gasteiger partial charge in [-0.05, 0) is 74.5 Å². The van der Waals surface area contributed by atoms with Gasteiger partial charge < -0.3 is 4.74 Å². The van der Waals surface area contributed by atoms with Crippen molar-refractivity contribution in [3.63, 3.8) is 0 Å². The van der Waals surface area contributed by atoms with Crippen molar-refractivity contribution in [3.05, 3.63) is 216 Å². The van der Waals surface area contributed by atoms with Gasteiger partial charge in [0.15, 0.2) is 5.82 Å². The summed E-state index contributed by atoms with van der Waals surface area (Å²) < 4.78 is 6.66. The Morgan fingerprint density at radius 2 is 1.00 bits per heavy atom. The molecular formula is C52H31N3O. The Morgan fingerprint density at radius 3 is 1.77 bits per heavy atom. The number of hydrogen-bond donors (Lipinski definition) is 0. The summed E-state index contributed by atoms with van der Waals surface area (Å²) in [6.45, 7) is 0. The van der Waals surface area contributed by atoms with Gasteiger partial charge in [-0.15, -0.1) is 0 Å². The van der Waals surface area contributed by atoms with Gasteiger partial charge in [-0.1, -0.05) is 158 Å². The van der Waals surface area contributed by atoms with Gasteiger partial charge in [-0.25, -0.2) is 9.97 Å². The van der Waals surface area contributed by atoms with Crippen LogP contribution in [0.2, 0.25) is 0 Å². The number of nitrogens with zero attached hydrogens (tertiary/aromatic N) is 3. The van der Waals surface area contributed by atoms with Crippen LogP contribution in [0.3, 0.4) is 0 Å². The topological polar surface area (TPSA) is 58.8 Å². The number of ether oxygens (including phenoxy) is 1. The molecule has 1 aliphatic carbocycles. The van der Waals surface area contributed by atoms with E-state index < -0.39 is 5.41 Å². The third-order valence-corrected chi connectivity index (χ3v) is 11.4. The highest BCUT2D eigenvalue weighted by atomic mass is 16.5. The van der Waals surface area contributed by atoms with Crippen molar-refractivity contribution in [2.45, 2.75) is 5.41 Å². The first-order valence-corrected chi connectivity index (χ1v) is 18.8. The molecule has 0 bridgehead atoms. The Labute approximate surface area is 324 Å². The van der Waals surface area contributed by atoms with Gasteiger partial charge in [0.05, 0.1) is 28.4 Å². The summed E-state index contributed by atoms with van der Waals surface area (Å²) in [4.78, 5) is 10.7. The van der Waals surface area contributed by atoms with Crippen LogP contribution in [0.15, 0.2) is 188 Å². The molecule has 8 aromatic carbocycles. The third-order valence-electron chi connectivity index (χ3n) is 11.4. The molecule has 0 atom stereocenters. The first kappa shape index (κ1) is 31.9. The summed E-state index contributed by atoms with van der Waals surface area (Å²) in [5, 5.41) is 12.2. The molecular weight excluding hydrogens is 683 g/mol. The normalized spacial score (nSPS) is 12.9. The molecule has 4 nitrogen and oxygen atoms in total. The number of para-hydroxylation sites is 2. The number of benzene rings is 8. The molecule has 260 valence electrons. The summed E-state index contributed by atoms with van der Waals surface area (Å²) in [7, 11) is 0. The Hall–Kier alpha value is -7.61. The van der Waals surface area contributed by atoms with Crippen molar-refractivity contribution in [2.75, 3.05) is 0 Å². The molecule has 2 heterocycles. The molecule has 1 aromatic heterocycles. The summed E-state index contributed by atoms with van der Waals surface area (Å²) >= 11 is 0. The molecule has 1 spiro atoms. The molecule has 0 amide bonds. The number of aromatic nitrogens is 2. The summed E-state index contributed by atoms with van der Waals surface area (Å²) in [6, 6.07) is 67.6. The second kappa shape index (κ2) is 12.5. The minimum Gasteiger partial charge on any atom is -0.457 e. The maximum Gasteiger partial charge on any atom is 0.161 e. The average molecular weight is 714 g/mol. The van der Waals surface area contributed by atoms with Crippen molar-refractivity contribution in [3.8, 4) is 73.7 Å². The van der Waals surface area contributed by atoms with Gasteiger partial charge in [0.1, 0.15) is 11.5 Å². The Morgan fingerprint density at radius 1 is 0.446 bits per heavy atom. The van der Waals surface area contributed by atoms with Gasteiger partial charge >= 0.3 is 0 Å². The molecule has 0 saturated heterocycles. The van der Waals surface area contributed by atoms with Crippen molar-refractivity contribution >= 4 is 10.8 Å². The fourth-order valence-corrected chi connectivity index (χ4v) is 9.08. The van der Waals surface area contributed by atoms with Crippen LogP contribution in [0.25, 0.3) is 66.9 Å². The zero-order valence-corrected chi connectivity index (χ0v) is 30.1. The average Bonchev–Trinajstić information content (AvgIpc) is 3.57. The quantitative estimate of drug-likeness (QED) is 0.182. The lowest BCUT2D eigenvalue weighted by Gasteiger charge is -2.39. The largest absolute Gasteiger partial charge is 0.457 e. The predicted octanol–water partition coefficient (Wildman–Crippen LogP) is 12.6. The van der Waals surface area contributed by atoms with Crippen LogP contribution >= 0.6 is 0 Å². The van der Waals surface area contributed by atoms with Crippen LogP contribution < -0.4 is 4.74 Å². The number of hydrogen-bond acceptors (Lipinski definition) is 4. The van der Waals surface area contributed by atoms with Crippen LogP contribution in [0, 0.1) is 11.3 Å². The zero-order chi connectivity index (χ0) is 37.2. The van der Waals surface area contributed by atoms with Gasteiger partial charge in [0.25, 0.3) is 0 Å².